The molecule has 0 saturated carbocycles. The molecule has 0 bridgehead atoms. The van der Waals surface area contributed by atoms with Crippen LogP contribution in [0.25, 0.3) is 0 Å². The van der Waals surface area contributed by atoms with Crippen molar-refractivity contribution < 1.29 is 19.0 Å². The number of rotatable bonds is 6. The summed E-state index contributed by atoms with van der Waals surface area (Å²) in [5.41, 5.74) is 0.772. The van der Waals surface area contributed by atoms with Crippen molar-refractivity contribution in [2.24, 2.45) is 0 Å². The first-order valence-electron chi connectivity index (χ1n) is 6.62. The standard InChI is InChI=1S/C15H22O4/c1-5-10-17-15(9-7-8-11-18-15)14(12(3)6-2)19-13(4)16/h1,14H,3,6-11H2,2,4H3. The van der Waals surface area contributed by atoms with E-state index in [1.165, 1.54) is 6.92 Å². The molecule has 1 aliphatic heterocycles. The van der Waals surface area contributed by atoms with Gasteiger partial charge in [0.2, 0.25) is 5.79 Å². The molecule has 106 valence electrons. The fourth-order valence-corrected chi connectivity index (χ4v) is 2.19. The highest BCUT2D eigenvalue weighted by Crippen LogP contribution is 2.35. The second-order valence-electron chi connectivity index (χ2n) is 4.61. The Morgan fingerprint density at radius 2 is 2.32 bits per heavy atom. The molecule has 0 spiro atoms. The van der Waals surface area contributed by atoms with Gasteiger partial charge in [-0.05, 0) is 24.8 Å². The van der Waals surface area contributed by atoms with Crippen LogP contribution in [0.15, 0.2) is 12.2 Å². The van der Waals surface area contributed by atoms with E-state index in [0.29, 0.717) is 19.4 Å². The van der Waals surface area contributed by atoms with Gasteiger partial charge in [-0.25, -0.2) is 0 Å². The minimum absolute atomic E-state index is 0.120. The van der Waals surface area contributed by atoms with Crippen LogP contribution in [0.3, 0.4) is 0 Å². The predicted octanol–water partition coefficient (Wildman–Crippen LogP) is 2.43. The summed E-state index contributed by atoms with van der Waals surface area (Å²) in [4.78, 5) is 11.3. The minimum Gasteiger partial charge on any atom is -0.452 e. The van der Waals surface area contributed by atoms with Crippen molar-refractivity contribution in [2.75, 3.05) is 13.2 Å². The maximum absolute atomic E-state index is 11.3. The van der Waals surface area contributed by atoms with Gasteiger partial charge < -0.3 is 14.2 Å². The van der Waals surface area contributed by atoms with E-state index in [1.54, 1.807) is 0 Å². The summed E-state index contributed by atoms with van der Waals surface area (Å²) in [6.07, 6.45) is 7.88. The third-order valence-corrected chi connectivity index (χ3v) is 3.17. The number of carbonyl (C=O) groups excluding carboxylic acids is 1. The molecule has 0 amide bonds. The first kappa shape index (κ1) is 15.7. The van der Waals surface area contributed by atoms with Crippen molar-refractivity contribution in [3.63, 3.8) is 0 Å². The largest absolute Gasteiger partial charge is 0.452 e. The Bertz CT molecular complexity index is 361. The molecule has 1 aliphatic rings. The van der Waals surface area contributed by atoms with Crippen LogP contribution in [0.5, 0.6) is 0 Å². The Balaban J connectivity index is 2.98. The van der Waals surface area contributed by atoms with Crippen molar-refractivity contribution in [3.05, 3.63) is 12.2 Å². The molecule has 1 heterocycles. The van der Waals surface area contributed by atoms with Crippen molar-refractivity contribution in [1.29, 1.82) is 0 Å². The number of hydrogen-bond acceptors (Lipinski definition) is 4. The summed E-state index contributed by atoms with van der Waals surface area (Å²) < 4.78 is 16.9. The number of terminal acetylenes is 1. The Morgan fingerprint density at radius 1 is 1.58 bits per heavy atom. The summed E-state index contributed by atoms with van der Waals surface area (Å²) in [7, 11) is 0. The molecule has 19 heavy (non-hydrogen) atoms. The third kappa shape index (κ3) is 4.09. The molecule has 2 unspecified atom stereocenters. The zero-order valence-corrected chi connectivity index (χ0v) is 11.7. The molecular formula is C15H22O4. The van der Waals surface area contributed by atoms with E-state index in [4.69, 9.17) is 20.6 Å². The second kappa shape index (κ2) is 7.32. The Kier molecular flexibility index (Phi) is 6.07. The van der Waals surface area contributed by atoms with Crippen LogP contribution < -0.4 is 0 Å². The molecule has 0 N–H and O–H groups in total. The van der Waals surface area contributed by atoms with E-state index >= 15 is 0 Å². The maximum atomic E-state index is 11.3. The number of esters is 1. The second-order valence-corrected chi connectivity index (χ2v) is 4.61. The fourth-order valence-electron chi connectivity index (χ4n) is 2.19. The zero-order chi connectivity index (χ0) is 14.3. The van der Waals surface area contributed by atoms with Gasteiger partial charge in [0.05, 0.1) is 6.61 Å². The van der Waals surface area contributed by atoms with Gasteiger partial charge in [-0.1, -0.05) is 19.4 Å². The number of ether oxygens (including phenoxy) is 3. The zero-order valence-electron chi connectivity index (χ0n) is 11.7. The molecule has 1 fully saturated rings. The summed E-state index contributed by atoms with van der Waals surface area (Å²) in [5, 5.41) is 0. The van der Waals surface area contributed by atoms with E-state index in [1.807, 2.05) is 6.92 Å². The lowest BCUT2D eigenvalue weighted by atomic mass is 9.93. The molecule has 2 atom stereocenters. The fraction of sp³-hybridized carbons (Fsp3) is 0.667. The molecule has 0 aliphatic carbocycles. The van der Waals surface area contributed by atoms with Crippen LogP contribution in [0.4, 0.5) is 0 Å². The highest BCUT2D eigenvalue weighted by Gasteiger charge is 2.45. The predicted molar refractivity (Wildman–Crippen MR) is 72.3 cm³/mol. The molecule has 0 radical (unpaired) electrons. The molecule has 0 aromatic carbocycles. The van der Waals surface area contributed by atoms with Gasteiger partial charge in [-0.3, -0.25) is 4.79 Å². The average molecular weight is 266 g/mol. The van der Waals surface area contributed by atoms with Gasteiger partial charge in [-0.2, -0.15) is 0 Å². The van der Waals surface area contributed by atoms with Gasteiger partial charge in [0, 0.05) is 13.3 Å². The van der Waals surface area contributed by atoms with E-state index in [-0.39, 0.29) is 12.6 Å². The Labute approximate surface area is 115 Å². The lowest BCUT2D eigenvalue weighted by Crippen LogP contribution is -2.52. The quantitative estimate of drug-likeness (QED) is 0.421. The van der Waals surface area contributed by atoms with Crippen molar-refractivity contribution >= 4 is 5.97 Å². The smallest absolute Gasteiger partial charge is 0.303 e. The number of carbonyl (C=O) groups is 1. The lowest BCUT2D eigenvalue weighted by molar-refractivity contribution is -0.289. The third-order valence-electron chi connectivity index (χ3n) is 3.17. The summed E-state index contributed by atoms with van der Waals surface area (Å²) in [6.45, 7) is 7.98. The summed E-state index contributed by atoms with van der Waals surface area (Å²) in [6, 6.07) is 0. The highest BCUT2D eigenvalue weighted by atomic mass is 16.7. The average Bonchev–Trinajstić information content (AvgIpc) is 2.42. The van der Waals surface area contributed by atoms with Gasteiger partial charge in [0.15, 0.2) is 6.10 Å². The minimum atomic E-state index is -0.983. The Morgan fingerprint density at radius 3 is 2.79 bits per heavy atom. The van der Waals surface area contributed by atoms with Gasteiger partial charge in [0.1, 0.15) is 6.61 Å². The number of hydrogen-bond donors (Lipinski definition) is 0. The molecule has 1 rings (SSSR count). The topological polar surface area (TPSA) is 44.8 Å². The van der Waals surface area contributed by atoms with Crippen LogP contribution in [0.2, 0.25) is 0 Å². The van der Waals surface area contributed by atoms with Crippen LogP contribution in [0, 0.1) is 12.3 Å². The van der Waals surface area contributed by atoms with E-state index in [9.17, 15) is 4.79 Å². The highest BCUT2D eigenvalue weighted by molar-refractivity contribution is 5.66. The van der Waals surface area contributed by atoms with E-state index in [0.717, 1.165) is 18.4 Å². The molecule has 0 aromatic rings. The van der Waals surface area contributed by atoms with Crippen LogP contribution in [0.1, 0.15) is 39.5 Å². The van der Waals surface area contributed by atoms with Crippen LogP contribution >= 0.6 is 0 Å². The molecule has 1 saturated heterocycles. The van der Waals surface area contributed by atoms with Crippen molar-refractivity contribution in [1.82, 2.24) is 0 Å². The van der Waals surface area contributed by atoms with Gasteiger partial charge in [-0.15, -0.1) is 6.42 Å². The lowest BCUT2D eigenvalue weighted by Gasteiger charge is -2.42. The molecular weight excluding hydrogens is 244 g/mol. The van der Waals surface area contributed by atoms with E-state index < -0.39 is 11.9 Å². The van der Waals surface area contributed by atoms with Crippen molar-refractivity contribution in [2.45, 2.75) is 51.4 Å². The van der Waals surface area contributed by atoms with E-state index in [2.05, 4.69) is 12.5 Å². The molecule has 0 aromatic heterocycles. The van der Waals surface area contributed by atoms with Crippen LogP contribution in [-0.2, 0) is 19.0 Å². The molecule has 4 heteroatoms. The van der Waals surface area contributed by atoms with Gasteiger partial charge in [0.25, 0.3) is 0 Å². The van der Waals surface area contributed by atoms with Crippen LogP contribution in [-0.4, -0.2) is 31.1 Å². The monoisotopic (exact) mass is 266 g/mol. The SMILES string of the molecule is C#CCOC1(C(OC(C)=O)C(=C)CC)CCCCO1. The Hall–Kier alpha value is -1.31. The normalized spacial score (nSPS) is 24.3. The van der Waals surface area contributed by atoms with Gasteiger partial charge >= 0.3 is 5.97 Å². The summed E-state index contributed by atoms with van der Waals surface area (Å²) >= 11 is 0. The first-order valence-corrected chi connectivity index (χ1v) is 6.62. The molecule has 4 nitrogen and oxygen atoms in total. The van der Waals surface area contributed by atoms with Crippen molar-refractivity contribution in [3.8, 4) is 12.3 Å². The summed E-state index contributed by atoms with van der Waals surface area (Å²) in [5.74, 6) is 1.07. The maximum Gasteiger partial charge on any atom is 0.303 e. The first-order chi connectivity index (χ1) is 9.05.